The van der Waals surface area contributed by atoms with E-state index in [1.807, 2.05) is 6.92 Å². The minimum atomic E-state index is -0.0673. The number of hydrogen-bond donors (Lipinski definition) is 0. The molecule has 0 N–H and O–H groups in total. The summed E-state index contributed by atoms with van der Waals surface area (Å²) in [5.74, 6) is -0.0673. The first kappa shape index (κ1) is 15.4. The number of quaternary nitrogens is 1. The fourth-order valence-electron chi connectivity index (χ4n) is 1.66. The lowest BCUT2D eigenvalue weighted by atomic mass is 10.2. The van der Waals surface area contributed by atoms with E-state index in [0.29, 0.717) is 13.2 Å². The quantitative estimate of drug-likeness (QED) is 0.346. The number of likely N-dealkylation sites (N-methyl/N-ethyl adjacent to an activating group) is 1. The van der Waals surface area contributed by atoms with E-state index in [0.717, 1.165) is 17.4 Å². The summed E-state index contributed by atoms with van der Waals surface area (Å²) in [4.78, 5) is 11.5. The van der Waals surface area contributed by atoms with Crippen LogP contribution in [0, 0.1) is 0 Å². The summed E-state index contributed by atoms with van der Waals surface area (Å²) in [6.45, 7) is 6.32. The molecule has 96 valence electrons. The zero-order valence-corrected chi connectivity index (χ0v) is 11.4. The molecule has 0 spiro atoms. The molecule has 0 heterocycles. The lowest BCUT2D eigenvalue weighted by Gasteiger charge is -2.28. The van der Waals surface area contributed by atoms with Crippen molar-refractivity contribution in [3.05, 3.63) is 0 Å². The summed E-state index contributed by atoms with van der Waals surface area (Å²) >= 11 is 0. The smallest absolute Gasteiger partial charge is 0.361 e. The molecule has 16 heavy (non-hydrogen) atoms. The Labute approximate surface area is 100 Å². The fraction of sp³-hybridized carbons (Fsp3) is 0.923. The number of ether oxygens (including phenoxy) is 1. The third-order valence-electron chi connectivity index (χ3n) is 2.64. The van der Waals surface area contributed by atoms with Crippen molar-refractivity contribution in [2.45, 2.75) is 46.0 Å². The maximum Gasteiger partial charge on any atom is 0.361 e. The van der Waals surface area contributed by atoms with Crippen molar-refractivity contribution < 1.29 is 14.0 Å². The molecule has 0 fully saturated rings. The topological polar surface area (TPSA) is 26.3 Å². The van der Waals surface area contributed by atoms with Crippen molar-refractivity contribution in [3.8, 4) is 0 Å². The van der Waals surface area contributed by atoms with Crippen molar-refractivity contribution in [1.29, 1.82) is 0 Å². The van der Waals surface area contributed by atoms with Crippen LogP contribution in [0.5, 0.6) is 0 Å². The van der Waals surface area contributed by atoms with Gasteiger partial charge in [0.1, 0.15) is 0 Å². The molecule has 0 aromatic rings. The molecule has 0 atom stereocenters. The van der Waals surface area contributed by atoms with Crippen LogP contribution in [0.3, 0.4) is 0 Å². The highest BCUT2D eigenvalue weighted by molar-refractivity contribution is 5.70. The van der Waals surface area contributed by atoms with Gasteiger partial charge < -0.3 is 9.22 Å². The molecule has 0 aliphatic heterocycles. The van der Waals surface area contributed by atoms with Gasteiger partial charge in [0.05, 0.1) is 27.2 Å². The van der Waals surface area contributed by atoms with Gasteiger partial charge in [0, 0.05) is 0 Å². The van der Waals surface area contributed by atoms with E-state index in [1.165, 1.54) is 25.7 Å². The first-order valence-corrected chi connectivity index (χ1v) is 6.49. The van der Waals surface area contributed by atoms with E-state index >= 15 is 0 Å². The van der Waals surface area contributed by atoms with E-state index in [4.69, 9.17) is 4.74 Å². The number of unbranched alkanes of at least 4 members (excludes halogenated alkanes) is 3. The number of rotatable bonds is 9. The minimum absolute atomic E-state index is 0.0673. The van der Waals surface area contributed by atoms with Gasteiger partial charge in [0.25, 0.3) is 0 Å². The average molecular weight is 230 g/mol. The van der Waals surface area contributed by atoms with Crippen molar-refractivity contribution in [2.24, 2.45) is 0 Å². The molecule has 0 unspecified atom stereocenters. The van der Waals surface area contributed by atoms with Crippen LogP contribution in [-0.4, -0.2) is 44.2 Å². The molecule has 0 amide bonds. The van der Waals surface area contributed by atoms with E-state index < -0.39 is 0 Å². The predicted octanol–water partition coefficient (Wildman–Crippen LogP) is 2.60. The summed E-state index contributed by atoms with van der Waals surface area (Å²) in [6.07, 6.45) is 5.91. The van der Waals surface area contributed by atoms with Crippen molar-refractivity contribution in [2.75, 3.05) is 33.8 Å². The van der Waals surface area contributed by atoms with Crippen LogP contribution in [0.4, 0.5) is 0 Å². The Bertz CT molecular complexity index is 190. The Morgan fingerprint density at radius 1 is 1.06 bits per heavy atom. The Balaban J connectivity index is 3.71. The average Bonchev–Trinajstić information content (AvgIpc) is 2.21. The number of esters is 1. The van der Waals surface area contributed by atoms with Crippen LogP contribution in [0.15, 0.2) is 0 Å². The molecule has 0 bridgehead atoms. The molecule has 0 aliphatic carbocycles. The summed E-state index contributed by atoms with van der Waals surface area (Å²) in [5, 5.41) is 0. The Morgan fingerprint density at radius 3 is 2.31 bits per heavy atom. The highest BCUT2D eigenvalue weighted by atomic mass is 16.5. The van der Waals surface area contributed by atoms with Crippen molar-refractivity contribution >= 4 is 5.97 Å². The van der Waals surface area contributed by atoms with Crippen LogP contribution in [0.25, 0.3) is 0 Å². The summed E-state index contributed by atoms with van der Waals surface area (Å²) in [5.41, 5.74) is 0. The first-order chi connectivity index (χ1) is 7.52. The van der Waals surface area contributed by atoms with Crippen LogP contribution < -0.4 is 0 Å². The highest BCUT2D eigenvalue weighted by Crippen LogP contribution is 2.05. The highest BCUT2D eigenvalue weighted by Gasteiger charge is 2.20. The first-order valence-electron chi connectivity index (χ1n) is 6.49. The standard InChI is InChI=1S/C13H28NO2/c1-5-7-8-9-10-14(3,4)12-13(15)16-11-6-2/h5-12H2,1-4H3/q+1. The number of carbonyl (C=O) groups is 1. The van der Waals surface area contributed by atoms with Gasteiger partial charge in [-0.1, -0.05) is 26.7 Å². The Hall–Kier alpha value is -0.570. The molecule has 0 saturated carbocycles. The molecule has 0 aromatic heterocycles. The van der Waals surface area contributed by atoms with Crippen LogP contribution in [0.1, 0.15) is 46.0 Å². The summed E-state index contributed by atoms with van der Waals surface area (Å²) < 4.78 is 5.84. The largest absolute Gasteiger partial charge is 0.462 e. The molecule has 0 rings (SSSR count). The fourth-order valence-corrected chi connectivity index (χ4v) is 1.66. The second-order valence-corrected chi connectivity index (χ2v) is 5.10. The van der Waals surface area contributed by atoms with E-state index in [1.54, 1.807) is 0 Å². The van der Waals surface area contributed by atoms with Gasteiger partial charge in [-0.2, -0.15) is 0 Å². The maximum atomic E-state index is 11.5. The van der Waals surface area contributed by atoms with Crippen LogP contribution in [-0.2, 0) is 9.53 Å². The van der Waals surface area contributed by atoms with Gasteiger partial charge in [0.15, 0.2) is 6.54 Å². The zero-order chi connectivity index (χ0) is 12.4. The van der Waals surface area contributed by atoms with E-state index in [9.17, 15) is 4.79 Å². The molecule has 0 aliphatic rings. The van der Waals surface area contributed by atoms with Crippen molar-refractivity contribution in [3.63, 3.8) is 0 Å². The normalized spacial score (nSPS) is 11.5. The second kappa shape index (κ2) is 8.57. The molecular formula is C13H28NO2+. The molecule has 3 nitrogen and oxygen atoms in total. The number of carbonyl (C=O) groups excluding carboxylic acids is 1. The van der Waals surface area contributed by atoms with E-state index in [2.05, 4.69) is 21.0 Å². The van der Waals surface area contributed by atoms with Gasteiger partial charge in [-0.3, -0.25) is 0 Å². The number of hydrogen-bond acceptors (Lipinski definition) is 2. The molecule has 3 heteroatoms. The zero-order valence-electron chi connectivity index (χ0n) is 11.4. The summed E-state index contributed by atoms with van der Waals surface area (Å²) in [6, 6.07) is 0. The van der Waals surface area contributed by atoms with Crippen molar-refractivity contribution in [1.82, 2.24) is 0 Å². The second-order valence-electron chi connectivity index (χ2n) is 5.10. The SMILES string of the molecule is CCCCCC[N+](C)(C)CC(=O)OCCC. The van der Waals surface area contributed by atoms with Crippen LogP contribution in [0.2, 0.25) is 0 Å². The van der Waals surface area contributed by atoms with Gasteiger partial charge in [-0.05, 0) is 19.3 Å². The Morgan fingerprint density at radius 2 is 1.75 bits per heavy atom. The molecule has 0 radical (unpaired) electrons. The lowest BCUT2D eigenvalue weighted by Crippen LogP contribution is -2.45. The molecule has 0 saturated heterocycles. The molecule has 0 aromatic carbocycles. The lowest BCUT2D eigenvalue weighted by molar-refractivity contribution is -0.883. The number of nitrogens with zero attached hydrogens (tertiary/aromatic N) is 1. The van der Waals surface area contributed by atoms with E-state index in [-0.39, 0.29) is 5.97 Å². The third kappa shape index (κ3) is 8.72. The monoisotopic (exact) mass is 230 g/mol. The third-order valence-corrected chi connectivity index (χ3v) is 2.64. The Kier molecular flexibility index (Phi) is 8.26. The van der Waals surface area contributed by atoms with Gasteiger partial charge in [-0.25, -0.2) is 4.79 Å². The summed E-state index contributed by atoms with van der Waals surface area (Å²) in [7, 11) is 4.19. The van der Waals surface area contributed by atoms with Gasteiger partial charge >= 0.3 is 5.97 Å². The molecular weight excluding hydrogens is 202 g/mol. The van der Waals surface area contributed by atoms with Gasteiger partial charge in [-0.15, -0.1) is 0 Å². The maximum absolute atomic E-state index is 11.5. The minimum Gasteiger partial charge on any atom is -0.462 e. The predicted molar refractivity (Wildman–Crippen MR) is 67.2 cm³/mol. The van der Waals surface area contributed by atoms with Gasteiger partial charge in [0.2, 0.25) is 0 Å². The van der Waals surface area contributed by atoms with Crippen LogP contribution >= 0.6 is 0 Å².